The van der Waals surface area contributed by atoms with Crippen molar-refractivity contribution in [2.75, 3.05) is 52.9 Å². The lowest BCUT2D eigenvalue weighted by atomic mass is 9.84. The smallest absolute Gasteiger partial charge is 0.0781 e. The molecule has 2 rings (SSSR count). The minimum absolute atomic E-state index is 0.0862. The van der Waals surface area contributed by atoms with Crippen LogP contribution in [-0.2, 0) is 23.7 Å². The van der Waals surface area contributed by atoms with E-state index in [4.69, 9.17) is 23.7 Å². The van der Waals surface area contributed by atoms with Gasteiger partial charge in [-0.3, -0.25) is 0 Å². The van der Waals surface area contributed by atoms with Crippen molar-refractivity contribution in [1.82, 2.24) is 0 Å². The maximum absolute atomic E-state index is 5.93. The Balaban J connectivity index is 1.52. The Morgan fingerprint density at radius 3 is 1.78 bits per heavy atom. The van der Waals surface area contributed by atoms with Gasteiger partial charge in [0, 0.05) is 10.8 Å². The lowest BCUT2D eigenvalue weighted by Gasteiger charge is -2.41. The second-order valence-corrected chi connectivity index (χ2v) is 7.47. The zero-order valence-electron chi connectivity index (χ0n) is 15.3. The summed E-state index contributed by atoms with van der Waals surface area (Å²) in [6.45, 7) is 14.6. The average Bonchev–Trinajstić information content (AvgIpc) is 2.47. The molecule has 0 saturated carbocycles. The molecule has 2 heterocycles. The normalized spacial score (nSPS) is 24.5. The summed E-state index contributed by atoms with van der Waals surface area (Å²) in [6, 6.07) is 0. The fourth-order valence-electron chi connectivity index (χ4n) is 2.72. The van der Waals surface area contributed by atoms with E-state index in [9.17, 15) is 0 Å². The first-order valence-corrected chi connectivity index (χ1v) is 8.99. The summed E-state index contributed by atoms with van der Waals surface area (Å²) in [7, 11) is 0. The molecule has 2 saturated heterocycles. The predicted octanol–water partition coefficient (Wildman–Crippen LogP) is 2.67. The number of ether oxygens (including phenoxy) is 5. The van der Waals surface area contributed by atoms with E-state index in [0.29, 0.717) is 13.2 Å². The van der Waals surface area contributed by atoms with Crippen LogP contribution < -0.4 is 0 Å². The molecule has 2 unspecified atom stereocenters. The Morgan fingerprint density at radius 2 is 1.30 bits per heavy atom. The van der Waals surface area contributed by atoms with Gasteiger partial charge in [-0.1, -0.05) is 13.8 Å². The fraction of sp³-hybridized carbons (Fsp3) is 1.00. The van der Waals surface area contributed by atoms with Crippen LogP contribution in [-0.4, -0.2) is 65.1 Å². The zero-order chi connectivity index (χ0) is 16.8. The molecule has 0 bridgehead atoms. The third-order valence-electron chi connectivity index (χ3n) is 5.18. The first-order chi connectivity index (χ1) is 11.0. The highest BCUT2D eigenvalue weighted by Gasteiger charge is 2.38. The van der Waals surface area contributed by atoms with E-state index in [1.54, 1.807) is 0 Å². The summed E-state index contributed by atoms with van der Waals surface area (Å²) in [6.07, 6.45) is 2.40. The second-order valence-electron chi connectivity index (χ2n) is 7.47. The second kappa shape index (κ2) is 8.77. The van der Waals surface area contributed by atoms with E-state index in [-0.39, 0.29) is 23.0 Å². The van der Waals surface area contributed by atoms with E-state index in [2.05, 4.69) is 27.7 Å². The van der Waals surface area contributed by atoms with Crippen molar-refractivity contribution in [2.45, 2.75) is 52.7 Å². The quantitative estimate of drug-likeness (QED) is 0.550. The highest BCUT2D eigenvalue weighted by Crippen LogP contribution is 2.32. The molecule has 0 aromatic carbocycles. The van der Waals surface area contributed by atoms with Gasteiger partial charge in [-0.15, -0.1) is 0 Å². The predicted molar refractivity (Wildman–Crippen MR) is 88.7 cm³/mol. The van der Waals surface area contributed by atoms with Gasteiger partial charge in [-0.2, -0.15) is 0 Å². The van der Waals surface area contributed by atoms with E-state index < -0.39 is 0 Å². The van der Waals surface area contributed by atoms with Crippen molar-refractivity contribution in [3.8, 4) is 0 Å². The molecular formula is C18H34O5. The number of hydrogen-bond acceptors (Lipinski definition) is 5. The van der Waals surface area contributed by atoms with Crippen LogP contribution >= 0.6 is 0 Å². The topological polar surface area (TPSA) is 46.2 Å². The van der Waals surface area contributed by atoms with Crippen LogP contribution in [0.4, 0.5) is 0 Å². The summed E-state index contributed by atoms with van der Waals surface area (Å²) in [5, 5.41) is 0. The molecule has 0 aliphatic carbocycles. The monoisotopic (exact) mass is 330 g/mol. The molecule has 0 spiro atoms. The Kier molecular flexibility index (Phi) is 7.29. The molecule has 5 heteroatoms. The Morgan fingerprint density at radius 1 is 0.783 bits per heavy atom. The van der Waals surface area contributed by atoms with E-state index in [1.165, 1.54) is 0 Å². The molecule has 5 nitrogen and oxygen atoms in total. The van der Waals surface area contributed by atoms with Crippen molar-refractivity contribution in [3.63, 3.8) is 0 Å². The van der Waals surface area contributed by atoms with Crippen LogP contribution in [0, 0.1) is 10.8 Å². The average molecular weight is 330 g/mol. The van der Waals surface area contributed by atoms with Crippen LogP contribution in [0.15, 0.2) is 0 Å². The van der Waals surface area contributed by atoms with Gasteiger partial charge in [0.2, 0.25) is 0 Å². The first kappa shape index (κ1) is 19.1. The molecule has 2 fully saturated rings. The highest BCUT2D eigenvalue weighted by atomic mass is 16.6. The fourth-order valence-corrected chi connectivity index (χ4v) is 2.72. The van der Waals surface area contributed by atoms with Crippen LogP contribution in [0.1, 0.15) is 40.5 Å². The molecule has 0 radical (unpaired) electrons. The molecule has 0 aromatic heterocycles. The summed E-state index contributed by atoms with van der Waals surface area (Å²) >= 11 is 0. The van der Waals surface area contributed by atoms with Crippen LogP contribution in [0.5, 0.6) is 0 Å². The van der Waals surface area contributed by atoms with Gasteiger partial charge >= 0.3 is 0 Å². The third-order valence-corrected chi connectivity index (χ3v) is 5.18. The van der Waals surface area contributed by atoms with Gasteiger partial charge in [0.15, 0.2) is 0 Å². The zero-order valence-corrected chi connectivity index (χ0v) is 15.3. The Labute approximate surface area is 140 Å². The van der Waals surface area contributed by atoms with Gasteiger partial charge < -0.3 is 23.7 Å². The lowest BCUT2D eigenvalue weighted by Crippen LogP contribution is -2.46. The van der Waals surface area contributed by atoms with Crippen molar-refractivity contribution >= 4 is 0 Å². The third kappa shape index (κ3) is 5.40. The number of rotatable bonds is 12. The molecule has 2 aliphatic rings. The molecule has 0 amide bonds. The van der Waals surface area contributed by atoms with Crippen LogP contribution in [0.25, 0.3) is 0 Å². The van der Waals surface area contributed by atoms with Gasteiger partial charge in [0.25, 0.3) is 0 Å². The minimum atomic E-state index is 0.0862. The van der Waals surface area contributed by atoms with E-state index in [0.717, 1.165) is 52.5 Å². The molecule has 136 valence electrons. The Bertz CT molecular complexity index is 327. The van der Waals surface area contributed by atoms with Crippen LogP contribution in [0.3, 0.4) is 0 Å². The summed E-state index contributed by atoms with van der Waals surface area (Å²) < 4.78 is 28.2. The standard InChI is InChI=1S/C18H34O5/c1-5-17(10-20-11-17)9-19-7-15(3)22-8-16(4)23-14-18(6-2)12-21-13-18/h15-16H,5-14H2,1-4H3. The minimum Gasteiger partial charge on any atom is -0.380 e. The van der Waals surface area contributed by atoms with Crippen molar-refractivity contribution in [2.24, 2.45) is 10.8 Å². The number of hydrogen-bond donors (Lipinski definition) is 0. The largest absolute Gasteiger partial charge is 0.380 e. The molecule has 23 heavy (non-hydrogen) atoms. The van der Waals surface area contributed by atoms with E-state index >= 15 is 0 Å². The SMILES string of the molecule is CCC1(COCC(C)OCC(C)OCC2(CC)COC2)COC1. The Hall–Kier alpha value is -0.200. The van der Waals surface area contributed by atoms with Crippen molar-refractivity contribution < 1.29 is 23.7 Å². The lowest BCUT2D eigenvalue weighted by molar-refractivity contribution is -0.170. The summed E-state index contributed by atoms with van der Waals surface area (Å²) in [5.74, 6) is 0. The molecule has 2 aliphatic heterocycles. The van der Waals surface area contributed by atoms with Crippen LogP contribution in [0.2, 0.25) is 0 Å². The molecular weight excluding hydrogens is 296 g/mol. The van der Waals surface area contributed by atoms with Gasteiger partial charge in [-0.05, 0) is 26.7 Å². The maximum Gasteiger partial charge on any atom is 0.0781 e. The summed E-state index contributed by atoms with van der Waals surface area (Å²) in [4.78, 5) is 0. The van der Waals surface area contributed by atoms with Crippen molar-refractivity contribution in [3.05, 3.63) is 0 Å². The van der Waals surface area contributed by atoms with Crippen molar-refractivity contribution in [1.29, 1.82) is 0 Å². The molecule has 0 N–H and O–H groups in total. The maximum atomic E-state index is 5.93. The van der Waals surface area contributed by atoms with E-state index in [1.807, 2.05) is 0 Å². The van der Waals surface area contributed by atoms with Gasteiger partial charge in [0.1, 0.15) is 0 Å². The molecule has 2 atom stereocenters. The highest BCUT2D eigenvalue weighted by molar-refractivity contribution is 4.84. The first-order valence-electron chi connectivity index (χ1n) is 8.99. The van der Waals surface area contributed by atoms with Gasteiger partial charge in [-0.25, -0.2) is 0 Å². The molecule has 0 aromatic rings. The van der Waals surface area contributed by atoms with Gasteiger partial charge in [0.05, 0.1) is 65.1 Å². The summed E-state index contributed by atoms with van der Waals surface area (Å²) in [5.41, 5.74) is 0.484.